The van der Waals surface area contributed by atoms with Crippen molar-refractivity contribution in [2.24, 2.45) is 5.92 Å². The minimum absolute atomic E-state index is 0.0348. The average molecular weight is 268 g/mol. The van der Waals surface area contributed by atoms with Crippen molar-refractivity contribution in [3.63, 3.8) is 0 Å². The van der Waals surface area contributed by atoms with Crippen LogP contribution in [0.2, 0.25) is 5.02 Å². The van der Waals surface area contributed by atoms with Gasteiger partial charge in [-0.25, -0.2) is 0 Å². The summed E-state index contributed by atoms with van der Waals surface area (Å²) in [5.41, 5.74) is 0.632. The van der Waals surface area contributed by atoms with Crippen LogP contribution >= 0.6 is 11.6 Å². The maximum atomic E-state index is 11.9. The molecule has 0 saturated carbocycles. The number of amides is 1. The van der Waals surface area contributed by atoms with E-state index in [1.165, 1.54) is 19.3 Å². The van der Waals surface area contributed by atoms with Crippen LogP contribution in [-0.2, 0) is 0 Å². The summed E-state index contributed by atoms with van der Waals surface area (Å²) in [6.45, 7) is 5.12. The Morgan fingerprint density at radius 2 is 2.17 bits per heavy atom. The molecule has 100 valence electrons. The molecule has 0 fully saturated rings. The van der Waals surface area contributed by atoms with Crippen LogP contribution in [0.25, 0.3) is 0 Å². The van der Waals surface area contributed by atoms with Gasteiger partial charge in [0.05, 0.1) is 0 Å². The standard InChI is InChI=1S/C15H22ClNO/c1-3-5-7-12(4-2)11-17-15(18)13-8-6-9-14(16)10-13/h6,8-10,12H,3-5,7,11H2,1-2H3,(H,17,18)/t12-/m1/s1. The summed E-state index contributed by atoms with van der Waals surface area (Å²) in [6.07, 6.45) is 4.73. The summed E-state index contributed by atoms with van der Waals surface area (Å²) in [5, 5.41) is 3.59. The molecule has 18 heavy (non-hydrogen) atoms. The average Bonchev–Trinajstić information content (AvgIpc) is 2.38. The number of rotatable bonds is 7. The first-order valence-corrected chi connectivity index (χ1v) is 7.08. The van der Waals surface area contributed by atoms with E-state index in [0.29, 0.717) is 16.5 Å². The fourth-order valence-corrected chi connectivity index (χ4v) is 2.10. The molecule has 1 atom stereocenters. The van der Waals surface area contributed by atoms with E-state index in [2.05, 4.69) is 19.2 Å². The van der Waals surface area contributed by atoms with Crippen molar-refractivity contribution in [2.45, 2.75) is 39.5 Å². The minimum Gasteiger partial charge on any atom is -0.352 e. The van der Waals surface area contributed by atoms with Crippen LogP contribution in [0, 0.1) is 5.92 Å². The molecule has 2 nitrogen and oxygen atoms in total. The zero-order valence-electron chi connectivity index (χ0n) is 11.2. The lowest BCUT2D eigenvalue weighted by Gasteiger charge is -2.15. The van der Waals surface area contributed by atoms with Crippen molar-refractivity contribution >= 4 is 17.5 Å². The lowest BCUT2D eigenvalue weighted by atomic mass is 9.99. The molecule has 0 heterocycles. The highest BCUT2D eigenvalue weighted by Gasteiger charge is 2.09. The van der Waals surface area contributed by atoms with E-state index < -0.39 is 0 Å². The molecule has 1 N–H and O–H groups in total. The third kappa shape index (κ3) is 5.09. The molecule has 0 spiro atoms. The van der Waals surface area contributed by atoms with Crippen LogP contribution in [0.3, 0.4) is 0 Å². The highest BCUT2D eigenvalue weighted by molar-refractivity contribution is 6.30. The molecule has 0 radical (unpaired) electrons. The summed E-state index contributed by atoms with van der Waals surface area (Å²) in [6, 6.07) is 7.05. The van der Waals surface area contributed by atoms with Gasteiger partial charge >= 0.3 is 0 Å². The van der Waals surface area contributed by atoms with Gasteiger partial charge in [-0.05, 0) is 30.5 Å². The van der Waals surface area contributed by atoms with Gasteiger partial charge in [-0.1, -0.05) is 50.8 Å². The minimum atomic E-state index is -0.0348. The Balaban J connectivity index is 2.44. The third-order valence-electron chi connectivity index (χ3n) is 3.18. The Bertz CT molecular complexity index is 379. The molecular weight excluding hydrogens is 246 g/mol. The summed E-state index contributed by atoms with van der Waals surface area (Å²) in [4.78, 5) is 11.9. The largest absolute Gasteiger partial charge is 0.352 e. The first kappa shape index (κ1) is 15.0. The molecule has 0 aliphatic carbocycles. The number of hydrogen-bond donors (Lipinski definition) is 1. The molecule has 0 aliphatic rings. The van der Waals surface area contributed by atoms with Crippen molar-refractivity contribution in [3.8, 4) is 0 Å². The normalized spacial score (nSPS) is 12.2. The van der Waals surface area contributed by atoms with E-state index in [1.54, 1.807) is 24.3 Å². The predicted molar refractivity (Wildman–Crippen MR) is 77.1 cm³/mol. The Morgan fingerprint density at radius 1 is 1.39 bits per heavy atom. The smallest absolute Gasteiger partial charge is 0.251 e. The molecule has 1 rings (SSSR count). The number of hydrogen-bond acceptors (Lipinski definition) is 1. The summed E-state index contributed by atoms with van der Waals surface area (Å²) >= 11 is 5.87. The van der Waals surface area contributed by atoms with Gasteiger partial charge in [-0.3, -0.25) is 4.79 Å². The highest BCUT2D eigenvalue weighted by Crippen LogP contribution is 2.13. The Hall–Kier alpha value is -1.02. The second kappa shape index (κ2) is 8.15. The molecule has 0 aromatic heterocycles. The number of benzene rings is 1. The van der Waals surface area contributed by atoms with E-state index in [-0.39, 0.29) is 5.91 Å². The number of nitrogens with one attached hydrogen (secondary N) is 1. The maximum Gasteiger partial charge on any atom is 0.251 e. The van der Waals surface area contributed by atoms with Crippen molar-refractivity contribution < 1.29 is 4.79 Å². The summed E-state index contributed by atoms with van der Waals surface area (Å²) in [5.74, 6) is 0.542. The first-order valence-electron chi connectivity index (χ1n) is 6.71. The molecule has 3 heteroatoms. The lowest BCUT2D eigenvalue weighted by Crippen LogP contribution is -2.29. The highest BCUT2D eigenvalue weighted by atomic mass is 35.5. The molecule has 1 amide bonds. The lowest BCUT2D eigenvalue weighted by molar-refractivity contribution is 0.0946. The fourth-order valence-electron chi connectivity index (χ4n) is 1.91. The van der Waals surface area contributed by atoms with E-state index in [9.17, 15) is 4.79 Å². The zero-order chi connectivity index (χ0) is 13.4. The van der Waals surface area contributed by atoms with Crippen LogP contribution in [0.4, 0.5) is 0 Å². The van der Waals surface area contributed by atoms with Crippen molar-refractivity contribution in [3.05, 3.63) is 34.9 Å². The quantitative estimate of drug-likeness (QED) is 0.785. The van der Waals surface area contributed by atoms with E-state index in [0.717, 1.165) is 13.0 Å². The van der Waals surface area contributed by atoms with E-state index in [1.807, 2.05) is 0 Å². The van der Waals surface area contributed by atoms with E-state index in [4.69, 9.17) is 11.6 Å². The molecule has 0 saturated heterocycles. The topological polar surface area (TPSA) is 29.1 Å². The van der Waals surface area contributed by atoms with Crippen LogP contribution in [0.5, 0.6) is 0 Å². The summed E-state index contributed by atoms with van der Waals surface area (Å²) in [7, 11) is 0. The van der Waals surface area contributed by atoms with Gasteiger partial charge in [-0.15, -0.1) is 0 Å². The van der Waals surface area contributed by atoms with Crippen LogP contribution in [-0.4, -0.2) is 12.5 Å². The second-order valence-electron chi connectivity index (χ2n) is 4.64. The Morgan fingerprint density at radius 3 is 2.78 bits per heavy atom. The molecule has 0 bridgehead atoms. The van der Waals surface area contributed by atoms with Crippen LogP contribution in [0.15, 0.2) is 24.3 Å². The van der Waals surface area contributed by atoms with Crippen LogP contribution in [0.1, 0.15) is 49.9 Å². The van der Waals surface area contributed by atoms with Crippen molar-refractivity contribution in [1.82, 2.24) is 5.32 Å². The van der Waals surface area contributed by atoms with Gasteiger partial charge in [0.15, 0.2) is 0 Å². The van der Waals surface area contributed by atoms with Gasteiger partial charge in [0.1, 0.15) is 0 Å². The second-order valence-corrected chi connectivity index (χ2v) is 5.07. The zero-order valence-corrected chi connectivity index (χ0v) is 12.0. The maximum absolute atomic E-state index is 11.9. The molecule has 1 aromatic rings. The number of unbranched alkanes of at least 4 members (excludes halogenated alkanes) is 1. The van der Waals surface area contributed by atoms with Gasteiger partial charge in [0.2, 0.25) is 0 Å². The summed E-state index contributed by atoms with van der Waals surface area (Å²) < 4.78 is 0. The predicted octanol–water partition coefficient (Wildman–Crippen LogP) is 4.29. The molecule has 0 unspecified atom stereocenters. The third-order valence-corrected chi connectivity index (χ3v) is 3.42. The van der Waals surface area contributed by atoms with Crippen molar-refractivity contribution in [1.29, 1.82) is 0 Å². The van der Waals surface area contributed by atoms with Crippen molar-refractivity contribution in [2.75, 3.05) is 6.54 Å². The monoisotopic (exact) mass is 267 g/mol. The fraction of sp³-hybridized carbons (Fsp3) is 0.533. The Kier molecular flexibility index (Phi) is 6.81. The van der Waals surface area contributed by atoms with Gasteiger partial charge in [-0.2, -0.15) is 0 Å². The first-order chi connectivity index (χ1) is 8.67. The molecule has 0 aliphatic heterocycles. The van der Waals surface area contributed by atoms with Gasteiger partial charge in [0, 0.05) is 17.1 Å². The van der Waals surface area contributed by atoms with Crippen LogP contribution < -0.4 is 5.32 Å². The van der Waals surface area contributed by atoms with Gasteiger partial charge in [0.25, 0.3) is 5.91 Å². The molecular formula is C15H22ClNO. The number of carbonyl (C=O) groups is 1. The number of carbonyl (C=O) groups excluding carboxylic acids is 1. The SMILES string of the molecule is CCCC[C@@H](CC)CNC(=O)c1cccc(Cl)c1. The van der Waals surface area contributed by atoms with Gasteiger partial charge < -0.3 is 5.32 Å². The Labute approximate surface area is 115 Å². The molecule has 1 aromatic carbocycles. The van der Waals surface area contributed by atoms with E-state index >= 15 is 0 Å². The number of halogens is 1.